The zero-order valence-corrected chi connectivity index (χ0v) is 24.3. The van der Waals surface area contributed by atoms with E-state index in [9.17, 15) is 14.4 Å². The van der Waals surface area contributed by atoms with Gasteiger partial charge in [0.05, 0.1) is 6.61 Å². The quantitative estimate of drug-likeness (QED) is 0.300. The van der Waals surface area contributed by atoms with E-state index in [1.54, 1.807) is 27.7 Å². The minimum atomic E-state index is -1.71. The van der Waals surface area contributed by atoms with Crippen LogP contribution in [0.4, 0.5) is 0 Å². The van der Waals surface area contributed by atoms with Gasteiger partial charge in [0.2, 0.25) is 0 Å². The van der Waals surface area contributed by atoms with Crippen molar-refractivity contribution >= 4 is 17.9 Å². The highest BCUT2D eigenvalue weighted by molar-refractivity contribution is 5.68. The van der Waals surface area contributed by atoms with Gasteiger partial charge in [-0.2, -0.15) is 0 Å². The molecule has 0 bridgehead atoms. The smallest absolute Gasteiger partial charge is 0.303 e. The Kier molecular flexibility index (Phi) is 8.15. The minimum Gasteiger partial charge on any atom is -0.463 e. The molecule has 0 N–H and O–H groups in total. The topological polar surface area (TPSA) is 162 Å². The summed E-state index contributed by atoms with van der Waals surface area (Å²) in [5.74, 6) is -5.37. The molecule has 15 nitrogen and oxygen atoms in total. The first-order chi connectivity index (χ1) is 19.0. The number of esters is 3. The average molecular weight is 591 g/mol. The van der Waals surface area contributed by atoms with Gasteiger partial charge in [0.15, 0.2) is 42.5 Å². The summed E-state index contributed by atoms with van der Waals surface area (Å²) < 4.78 is 70.6. The van der Waals surface area contributed by atoms with Crippen LogP contribution in [0.5, 0.6) is 0 Å². The lowest BCUT2D eigenvalue weighted by atomic mass is 9.98. The molecule has 232 valence electrons. The monoisotopic (exact) mass is 590 g/mol. The average Bonchev–Trinajstić information content (AvgIpc) is 3.45. The molecule has 0 unspecified atom stereocenters. The molecule has 0 saturated carbocycles. The van der Waals surface area contributed by atoms with Crippen LogP contribution in [0.1, 0.15) is 55.4 Å². The van der Waals surface area contributed by atoms with Crippen molar-refractivity contribution in [2.24, 2.45) is 0 Å². The second-order valence-electron chi connectivity index (χ2n) is 11.6. The van der Waals surface area contributed by atoms with Crippen molar-refractivity contribution in [3.63, 3.8) is 0 Å². The lowest BCUT2D eigenvalue weighted by Gasteiger charge is -2.40. The first-order valence-electron chi connectivity index (χ1n) is 13.5. The molecule has 5 heterocycles. The summed E-state index contributed by atoms with van der Waals surface area (Å²) >= 11 is 0. The third kappa shape index (κ3) is 6.53. The van der Waals surface area contributed by atoms with Gasteiger partial charge < -0.3 is 52.1 Å². The van der Waals surface area contributed by atoms with E-state index in [1.807, 2.05) is 0 Å². The molecular formula is C26H38O15. The van der Waals surface area contributed by atoms with Gasteiger partial charge in [-0.15, -0.1) is 0 Å². The van der Waals surface area contributed by atoms with Gasteiger partial charge in [-0.3, -0.25) is 19.1 Å². The molecule has 0 aromatic rings. The van der Waals surface area contributed by atoms with E-state index in [1.165, 1.54) is 27.7 Å². The normalized spacial score (nSPS) is 43.9. The Morgan fingerprint density at radius 3 is 1.80 bits per heavy atom. The van der Waals surface area contributed by atoms with Crippen molar-refractivity contribution in [1.29, 1.82) is 0 Å². The van der Waals surface area contributed by atoms with Gasteiger partial charge in [0, 0.05) is 27.7 Å². The Balaban J connectivity index is 1.31. The number of fused-ring (bicyclic) bond motifs is 4. The highest BCUT2D eigenvalue weighted by Gasteiger charge is 2.63. The lowest BCUT2D eigenvalue weighted by Crippen LogP contribution is -2.60. The summed E-state index contributed by atoms with van der Waals surface area (Å²) in [5.41, 5.74) is 0. The maximum atomic E-state index is 12.0. The highest BCUT2D eigenvalue weighted by atomic mass is 16.9. The molecule has 41 heavy (non-hydrogen) atoms. The van der Waals surface area contributed by atoms with Crippen molar-refractivity contribution in [1.82, 2.24) is 0 Å². The van der Waals surface area contributed by atoms with E-state index in [2.05, 4.69) is 0 Å². The fourth-order valence-electron chi connectivity index (χ4n) is 5.71. The number of ether oxygens (including phenoxy) is 12. The SMILES string of the molecule is CC(=O)OC[C@H]1O[C@@H]2O[C@@](C)(OC[C@H]3O[C@@H]4OC(C)(C)O[C@@H]4[C@H]4OC(C)(C)O[C@H]43)O[C@@H]2[C@@H](OC(C)=O)[C@@H]1OC(C)=O. The fraction of sp³-hybridized carbons (Fsp3) is 0.885. The van der Waals surface area contributed by atoms with Crippen molar-refractivity contribution < 1.29 is 71.2 Å². The number of carbonyl (C=O) groups is 3. The Morgan fingerprint density at radius 2 is 1.15 bits per heavy atom. The van der Waals surface area contributed by atoms with Gasteiger partial charge in [-0.1, -0.05) is 0 Å². The first-order valence-corrected chi connectivity index (χ1v) is 13.5. The van der Waals surface area contributed by atoms with E-state index in [0.29, 0.717) is 0 Å². The van der Waals surface area contributed by atoms with Crippen LogP contribution < -0.4 is 0 Å². The second-order valence-corrected chi connectivity index (χ2v) is 11.6. The second kappa shape index (κ2) is 11.0. The van der Waals surface area contributed by atoms with Gasteiger partial charge in [-0.25, -0.2) is 0 Å². The Bertz CT molecular complexity index is 1030. The van der Waals surface area contributed by atoms with Gasteiger partial charge in [-0.05, 0) is 27.7 Å². The molecule has 0 radical (unpaired) electrons. The zero-order valence-electron chi connectivity index (χ0n) is 24.3. The zero-order chi connectivity index (χ0) is 29.9. The molecule has 0 amide bonds. The summed E-state index contributed by atoms with van der Waals surface area (Å²) in [6, 6.07) is 0. The van der Waals surface area contributed by atoms with E-state index in [4.69, 9.17) is 56.8 Å². The predicted octanol–water partition coefficient (Wildman–Crippen LogP) is 0.640. The van der Waals surface area contributed by atoms with E-state index >= 15 is 0 Å². The molecule has 5 fully saturated rings. The number of carbonyl (C=O) groups excluding carboxylic acids is 3. The van der Waals surface area contributed by atoms with Crippen LogP contribution >= 0.6 is 0 Å². The van der Waals surface area contributed by atoms with Crippen LogP contribution in [0.2, 0.25) is 0 Å². The van der Waals surface area contributed by atoms with E-state index in [-0.39, 0.29) is 13.2 Å². The Morgan fingerprint density at radius 1 is 0.585 bits per heavy atom. The van der Waals surface area contributed by atoms with Crippen molar-refractivity contribution in [2.45, 2.75) is 134 Å². The largest absolute Gasteiger partial charge is 0.463 e. The summed E-state index contributed by atoms with van der Waals surface area (Å²) in [5, 5.41) is 0. The third-order valence-electron chi connectivity index (χ3n) is 7.09. The molecule has 5 aliphatic heterocycles. The summed E-state index contributed by atoms with van der Waals surface area (Å²) in [6.07, 6.45) is -8.44. The highest BCUT2D eigenvalue weighted by Crippen LogP contribution is 2.45. The standard InChI is InChI=1S/C26H38O15/c1-11(27)30-9-14-16(32-12(2)28)18(33-13(3)29)20-23(34-14)41-26(8,39-20)31-10-15-17-19(37-24(4,5)36-17)21-22(35-15)40-25(6,7)38-21/h14-23H,9-10H2,1-8H3/t14-,15-,16-,17+,18+,19+,20-,21-,22-,23-,26+/m1/s1. The van der Waals surface area contributed by atoms with Crippen molar-refractivity contribution in [3.8, 4) is 0 Å². The van der Waals surface area contributed by atoms with E-state index < -0.39 is 96.9 Å². The Labute approximate surface area is 237 Å². The lowest BCUT2D eigenvalue weighted by molar-refractivity contribution is -0.358. The van der Waals surface area contributed by atoms with Crippen LogP contribution in [0.3, 0.4) is 0 Å². The van der Waals surface area contributed by atoms with E-state index in [0.717, 1.165) is 0 Å². The number of hydrogen-bond acceptors (Lipinski definition) is 15. The molecular weight excluding hydrogens is 552 g/mol. The van der Waals surface area contributed by atoms with Crippen LogP contribution in [-0.2, 0) is 71.2 Å². The minimum absolute atomic E-state index is 0.0773. The number of rotatable bonds is 7. The molecule has 0 spiro atoms. The fourth-order valence-corrected chi connectivity index (χ4v) is 5.71. The first kappa shape index (κ1) is 30.5. The molecule has 0 aromatic heterocycles. The summed E-state index contributed by atoms with van der Waals surface area (Å²) in [7, 11) is 0. The molecule has 5 aliphatic rings. The van der Waals surface area contributed by atoms with Crippen molar-refractivity contribution in [3.05, 3.63) is 0 Å². The third-order valence-corrected chi connectivity index (χ3v) is 7.09. The van der Waals surface area contributed by atoms with Gasteiger partial charge in [0.1, 0.15) is 37.1 Å². The van der Waals surface area contributed by atoms with Crippen molar-refractivity contribution in [2.75, 3.05) is 13.2 Å². The maximum absolute atomic E-state index is 12.0. The van der Waals surface area contributed by atoms with Crippen LogP contribution in [0.25, 0.3) is 0 Å². The van der Waals surface area contributed by atoms with Crippen LogP contribution in [0, 0.1) is 0 Å². The van der Waals surface area contributed by atoms with Gasteiger partial charge in [0.25, 0.3) is 5.97 Å². The van der Waals surface area contributed by atoms with Gasteiger partial charge >= 0.3 is 17.9 Å². The molecule has 15 heteroatoms. The summed E-state index contributed by atoms with van der Waals surface area (Å²) in [6.45, 7) is 11.9. The molecule has 5 rings (SSSR count). The maximum Gasteiger partial charge on any atom is 0.303 e. The van der Waals surface area contributed by atoms with Crippen LogP contribution in [0.15, 0.2) is 0 Å². The predicted molar refractivity (Wildman–Crippen MR) is 129 cm³/mol. The summed E-state index contributed by atoms with van der Waals surface area (Å²) in [4.78, 5) is 35.4. The molecule has 5 saturated heterocycles. The van der Waals surface area contributed by atoms with Crippen LogP contribution in [-0.4, -0.2) is 110 Å². The Hall–Kier alpha value is -1.95. The number of hydrogen-bond donors (Lipinski definition) is 0. The molecule has 11 atom stereocenters. The molecule has 0 aliphatic carbocycles. The molecule has 0 aromatic carbocycles.